The molecule has 0 aromatic heterocycles. The van der Waals surface area contributed by atoms with Gasteiger partial charge < -0.3 is 0 Å². The molecule has 0 aliphatic heterocycles. The van der Waals surface area contributed by atoms with E-state index in [1.54, 1.807) is 12.1 Å². The summed E-state index contributed by atoms with van der Waals surface area (Å²) in [4.78, 5) is 10.0. The maximum atomic E-state index is 10.5. The lowest BCUT2D eigenvalue weighted by atomic mass is 10.1. The van der Waals surface area contributed by atoms with Crippen LogP contribution in [0.5, 0.6) is 0 Å². The highest BCUT2D eigenvalue weighted by molar-refractivity contribution is 5.39. The Morgan fingerprint density at radius 1 is 1.73 bits per heavy atom. The SMILES string of the molecule is [2H]c1ccc(CC)c([N+](=O)[O-])c1. The number of para-hydroxylation sites is 1. The van der Waals surface area contributed by atoms with Gasteiger partial charge in [0.05, 0.1) is 6.29 Å². The van der Waals surface area contributed by atoms with Crippen LogP contribution in [0.2, 0.25) is 0 Å². The van der Waals surface area contributed by atoms with Crippen LogP contribution in [0.15, 0.2) is 24.2 Å². The van der Waals surface area contributed by atoms with Gasteiger partial charge in [0, 0.05) is 11.6 Å². The van der Waals surface area contributed by atoms with Crippen LogP contribution < -0.4 is 0 Å². The molecular weight excluding hydrogens is 142 g/mol. The number of benzene rings is 1. The van der Waals surface area contributed by atoms with Crippen LogP contribution in [-0.2, 0) is 6.42 Å². The summed E-state index contributed by atoms with van der Waals surface area (Å²) < 4.78 is 7.20. The van der Waals surface area contributed by atoms with E-state index < -0.39 is 4.92 Å². The number of nitro groups is 1. The van der Waals surface area contributed by atoms with Crippen molar-refractivity contribution in [2.45, 2.75) is 13.3 Å². The molecule has 0 aliphatic rings. The summed E-state index contributed by atoms with van der Waals surface area (Å²) in [5.41, 5.74) is 0.723. The van der Waals surface area contributed by atoms with E-state index in [0.717, 1.165) is 0 Å². The molecule has 0 bridgehead atoms. The lowest BCUT2D eigenvalue weighted by Gasteiger charge is -1.96. The molecule has 0 radical (unpaired) electrons. The second-order valence-electron chi connectivity index (χ2n) is 2.17. The van der Waals surface area contributed by atoms with E-state index in [9.17, 15) is 10.1 Å². The van der Waals surface area contributed by atoms with Gasteiger partial charge in [-0.1, -0.05) is 25.1 Å². The first-order chi connectivity index (χ1) is 5.65. The third-order valence-electron chi connectivity index (χ3n) is 1.51. The standard InChI is InChI=1S/C8H9NO2/c1-2-7-5-3-4-6-8(7)9(10)11/h3-6H,2H2,1H3/i4D. The quantitative estimate of drug-likeness (QED) is 0.481. The largest absolute Gasteiger partial charge is 0.272 e. The van der Waals surface area contributed by atoms with Gasteiger partial charge in [-0.15, -0.1) is 0 Å². The predicted octanol–water partition coefficient (Wildman–Crippen LogP) is 2.16. The van der Waals surface area contributed by atoms with Crippen molar-refractivity contribution in [2.75, 3.05) is 0 Å². The molecule has 0 aliphatic carbocycles. The minimum Gasteiger partial charge on any atom is -0.258 e. The van der Waals surface area contributed by atoms with Crippen molar-refractivity contribution < 1.29 is 6.29 Å². The molecule has 0 fully saturated rings. The lowest BCUT2D eigenvalue weighted by molar-refractivity contribution is -0.385. The third-order valence-corrected chi connectivity index (χ3v) is 1.51. The van der Waals surface area contributed by atoms with Gasteiger partial charge in [0.1, 0.15) is 0 Å². The minimum atomic E-state index is -0.448. The smallest absolute Gasteiger partial charge is 0.258 e. The van der Waals surface area contributed by atoms with E-state index in [4.69, 9.17) is 1.37 Å². The summed E-state index contributed by atoms with van der Waals surface area (Å²) in [7, 11) is 0. The van der Waals surface area contributed by atoms with Gasteiger partial charge >= 0.3 is 0 Å². The number of rotatable bonds is 2. The Hall–Kier alpha value is -1.38. The van der Waals surface area contributed by atoms with E-state index in [1.165, 1.54) is 6.07 Å². The number of nitro benzene ring substituents is 1. The molecule has 0 saturated carbocycles. The Labute approximate surface area is 66.2 Å². The molecule has 0 heterocycles. The van der Waals surface area contributed by atoms with Gasteiger partial charge in [0.25, 0.3) is 5.69 Å². The fraction of sp³-hybridized carbons (Fsp3) is 0.250. The van der Waals surface area contributed by atoms with E-state index in [2.05, 4.69) is 0 Å². The van der Waals surface area contributed by atoms with Gasteiger partial charge in [0.2, 0.25) is 0 Å². The van der Waals surface area contributed by atoms with Crippen molar-refractivity contribution in [3.63, 3.8) is 0 Å². The first-order valence-electron chi connectivity index (χ1n) is 3.89. The monoisotopic (exact) mass is 152 g/mol. The molecule has 1 rings (SSSR count). The molecular formula is C8H9NO2. The molecule has 0 saturated heterocycles. The van der Waals surface area contributed by atoms with E-state index in [1.807, 2.05) is 6.92 Å². The Kier molecular flexibility index (Phi) is 1.81. The zero-order valence-corrected chi connectivity index (χ0v) is 6.20. The third kappa shape index (κ3) is 1.55. The first-order valence-corrected chi connectivity index (χ1v) is 3.39. The maximum Gasteiger partial charge on any atom is 0.272 e. The van der Waals surface area contributed by atoms with Gasteiger partial charge in [-0.3, -0.25) is 10.1 Å². The normalized spacial score (nSPS) is 10.8. The minimum absolute atomic E-state index is 0.0463. The van der Waals surface area contributed by atoms with Gasteiger partial charge in [-0.05, 0) is 6.42 Å². The Morgan fingerprint density at radius 2 is 2.45 bits per heavy atom. The van der Waals surface area contributed by atoms with Crippen LogP contribution in [0.4, 0.5) is 5.69 Å². The highest BCUT2D eigenvalue weighted by atomic mass is 16.6. The van der Waals surface area contributed by atoms with E-state index in [-0.39, 0.29) is 11.7 Å². The topological polar surface area (TPSA) is 43.1 Å². The summed E-state index contributed by atoms with van der Waals surface area (Å²) in [6.07, 6.45) is 0.622. The van der Waals surface area contributed by atoms with Crippen molar-refractivity contribution in [1.82, 2.24) is 0 Å². The van der Waals surface area contributed by atoms with E-state index in [0.29, 0.717) is 12.0 Å². The number of hydrogen-bond donors (Lipinski definition) is 0. The molecule has 0 amide bonds. The Balaban J connectivity index is 3.21. The Morgan fingerprint density at radius 3 is 3.00 bits per heavy atom. The molecule has 58 valence electrons. The molecule has 3 heteroatoms. The summed E-state index contributed by atoms with van der Waals surface area (Å²) in [6.45, 7) is 1.85. The highest BCUT2D eigenvalue weighted by Crippen LogP contribution is 2.17. The van der Waals surface area contributed by atoms with Gasteiger partial charge in [0.15, 0.2) is 0 Å². The zero-order chi connectivity index (χ0) is 9.14. The number of aryl methyl sites for hydroxylation is 1. The van der Waals surface area contributed by atoms with Crippen LogP contribution in [0.25, 0.3) is 0 Å². The Bertz CT molecular complexity index is 312. The summed E-state index contributed by atoms with van der Waals surface area (Å²) in [5, 5.41) is 10.5. The van der Waals surface area contributed by atoms with Crippen molar-refractivity contribution in [2.24, 2.45) is 0 Å². The van der Waals surface area contributed by atoms with Crippen LogP contribution >= 0.6 is 0 Å². The van der Waals surface area contributed by atoms with Crippen molar-refractivity contribution in [1.29, 1.82) is 0 Å². The molecule has 0 N–H and O–H groups in total. The second-order valence-corrected chi connectivity index (χ2v) is 2.17. The molecule has 1 aromatic rings. The first kappa shape index (κ1) is 6.34. The highest BCUT2D eigenvalue weighted by Gasteiger charge is 2.08. The van der Waals surface area contributed by atoms with Crippen molar-refractivity contribution in [3.8, 4) is 0 Å². The van der Waals surface area contributed by atoms with Crippen molar-refractivity contribution in [3.05, 3.63) is 39.9 Å². The zero-order valence-electron chi connectivity index (χ0n) is 7.20. The number of hydrogen-bond acceptors (Lipinski definition) is 2. The average molecular weight is 152 g/mol. The molecule has 11 heavy (non-hydrogen) atoms. The van der Waals surface area contributed by atoms with Gasteiger partial charge in [-0.25, -0.2) is 0 Å². The molecule has 1 aromatic carbocycles. The second kappa shape index (κ2) is 3.14. The van der Waals surface area contributed by atoms with Crippen LogP contribution in [-0.4, -0.2) is 4.92 Å². The summed E-state index contributed by atoms with van der Waals surface area (Å²) >= 11 is 0. The summed E-state index contributed by atoms with van der Waals surface area (Å²) in [5.74, 6) is 0. The fourth-order valence-electron chi connectivity index (χ4n) is 0.923. The van der Waals surface area contributed by atoms with Gasteiger partial charge in [-0.2, -0.15) is 0 Å². The average Bonchev–Trinajstić information content (AvgIpc) is 2.04. The molecule has 0 spiro atoms. The molecule has 0 atom stereocenters. The predicted molar refractivity (Wildman–Crippen MR) is 42.5 cm³/mol. The van der Waals surface area contributed by atoms with Crippen LogP contribution in [0.1, 0.15) is 13.9 Å². The summed E-state index contributed by atoms with van der Waals surface area (Å²) in [6, 6.07) is 4.64. The lowest BCUT2D eigenvalue weighted by Crippen LogP contribution is -1.92. The molecule has 3 nitrogen and oxygen atoms in total. The van der Waals surface area contributed by atoms with Crippen LogP contribution in [0, 0.1) is 10.1 Å². The van der Waals surface area contributed by atoms with Crippen molar-refractivity contribution >= 4 is 5.69 Å². The van der Waals surface area contributed by atoms with E-state index >= 15 is 0 Å². The number of nitrogens with zero attached hydrogens (tertiary/aromatic N) is 1. The fourth-order valence-corrected chi connectivity index (χ4v) is 0.923. The maximum absolute atomic E-state index is 10.5. The van der Waals surface area contributed by atoms with Crippen LogP contribution in [0.3, 0.4) is 0 Å². The molecule has 0 unspecified atom stereocenters.